The lowest BCUT2D eigenvalue weighted by atomic mass is 10.1. The Balaban J connectivity index is 1.53. The summed E-state index contributed by atoms with van der Waals surface area (Å²) in [4.78, 5) is 29.0. The molecule has 0 unspecified atom stereocenters. The normalized spacial score (nSPS) is 11.0. The first-order chi connectivity index (χ1) is 13.2. The van der Waals surface area contributed by atoms with Crippen molar-refractivity contribution in [3.63, 3.8) is 0 Å². The van der Waals surface area contributed by atoms with Gasteiger partial charge < -0.3 is 9.73 Å². The Kier molecular flexibility index (Phi) is 4.80. The number of benzene rings is 1. The number of amides is 1. The lowest BCUT2D eigenvalue weighted by molar-refractivity contribution is -0.120. The van der Waals surface area contributed by atoms with Gasteiger partial charge in [0.15, 0.2) is 0 Å². The van der Waals surface area contributed by atoms with Crippen molar-refractivity contribution in [1.82, 2.24) is 19.9 Å². The zero-order chi connectivity index (χ0) is 18.6. The average Bonchev–Trinajstić information content (AvgIpc) is 3.32. The van der Waals surface area contributed by atoms with E-state index in [4.69, 9.17) is 4.42 Å². The molecule has 1 amide bonds. The molecule has 4 aromatic rings. The highest BCUT2D eigenvalue weighted by molar-refractivity contribution is 7.15. The van der Waals surface area contributed by atoms with Crippen LogP contribution in [0, 0.1) is 0 Å². The highest BCUT2D eigenvalue weighted by Gasteiger charge is 2.14. The minimum atomic E-state index is -0.338. The number of carbonyl (C=O) groups is 1. The second-order valence-corrected chi connectivity index (χ2v) is 6.82. The highest BCUT2D eigenvalue weighted by atomic mass is 32.1. The van der Waals surface area contributed by atoms with E-state index in [9.17, 15) is 9.59 Å². The van der Waals surface area contributed by atoms with Crippen LogP contribution >= 0.6 is 11.3 Å². The molecule has 0 aliphatic carbocycles. The van der Waals surface area contributed by atoms with Gasteiger partial charge in [-0.3, -0.25) is 9.59 Å². The minimum Gasteiger partial charge on any atom is -0.467 e. The summed E-state index contributed by atoms with van der Waals surface area (Å²) in [6, 6.07) is 13.2. The third-order valence-electron chi connectivity index (χ3n) is 4.01. The largest absolute Gasteiger partial charge is 0.467 e. The molecule has 136 valence electrons. The first kappa shape index (κ1) is 17.2. The fourth-order valence-corrected chi connectivity index (χ4v) is 3.50. The number of fused-ring (bicyclic) bond motifs is 1. The van der Waals surface area contributed by atoms with E-state index >= 15 is 0 Å². The molecule has 7 nitrogen and oxygen atoms in total. The van der Waals surface area contributed by atoms with Gasteiger partial charge in [-0.15, -0.1) is 11.3 Å². The molecule has 0 aliphatic heterocycles. The average molecular weight is 380 g/mol. The molecule has 0 atom stereocenters. The van der Waals surface area contributed by atoms with E-state index in [2.05, 4.69) is 15.4 Å². The van der Waals surface area contributed by atoms with Crippen LogP contribution in [0.3, 0.4) is 0 Å². The van der Waals surface area contributed by atoms with Crippen molar-refractivity contribution >= 4 is 22.2 Å². The molecule has 1 aromatic carbocycles. The summed E-state index contributed by atoms with van der Waals surface area (Å²) >= 11 is 1.29. The van der Waals surface area contributed by atoms with Crippen LogP contribution < -0.4 is 10.9 Å². The maximum atomic E-state index is 12.2. The SMILES string of the molecule is O=C(Cc1csc2nc(=O)c(Cc3ccccc3)nn12)NCc1ccco1. The van der Waals surface area contributed by atoms with Crippen LogP contribution in [0.15, 0.2) is 63.3 Å². The van der Waals surface area contributed by atoms with Gasteiger partial charge in [0, 0.05) is 11.8 Å². The van der Waals surface area contributed by atoms with Gasteiger partial charge in [0.05, 0.1) is 24.9 Å². The lowest BCUT2D eigenvalue weighted by Crippen LogP contribution is -2.25. The molecular weight excluding hydrogens is 364 g/mol. The maximum Gasteiger partial charge on any atom is 0.296 e. The van der Waals surface area contributed by atoms with Crippen LogP contribution in [0.25, 0.3) is 4.96 Å². The fourth-order valence-electron chi connectivity index (χ4n) is 2.68. The molecule has 4 rings (SSSR count). The van der Waals surface area contributed by atoms with Crippen molar-refractivity contribution in [3.05, 3.63) is 87.2 Å². The number of aromatic nitrogens is 3. The number of furan rings is 1. The van der Waals surface area contributed by atoms with Gasteiger partial charge in [-0.05, 0) is 17.7 Å². The van der Waals surface area contributed by atoms with Crippen LogP contribution in [0.4, 0.5) is 0 Å². The van der Waals surface area contributed by atoms with Gasteiger partial charge in [0.25, 0.3) is 5.56 Å². The van der Waals surface area contributed by atoms with Crippen molar-refractivity contribution in [2.75, 3.05) is 0 Å². The third kappa shape index (κ3) is 3.95. The Labute approximate surface area is 158 Å². The quantitative estimate of drug-likeness (QED) is 0.554. The van der Waals surface area contributed by atoms with E-state index in [1.54, 1.807) is 28.3 Å². The van der Waals surface area contributed by atoms with Crippen molar-refractivity contribution in [3.8, 4) is 0 Å². The smallest absolute Gasteiger partial charge is 0.296 e. The Bertz CT molecular complexity index is 1120. The number of nitrogens with zero attached hydrogens (tertiary/aromatic N) is 3. The van der Waals surface area contributed by atoms with Crippen LogP contribution in [-0.4, -0.2) is 20.5 Å². The van der Waals surface area contributed by atoms with Gasteiger partial charge in [-0.25, -0.2) is 4.52 Å². The van der Waals surface area contributed by atoms with E-state index < -0.39 is 0 Å². The Hall–Kier alpha value is -3.26. The van der Waals surface area contributed by atoms with Gasteiger partial charge in [0.2, 0.25) is 10.9 Å². The summed E-state index contributed by atoms with van der Waals surface area (Å²) in [7, 11) is 0. The van der Waals surface area contributed by atoms with Crippen LogP contribution in [0.2, 0.25) is 0 Å². The molecule has 0 fully saturated rings. The van der Waals surface area contributed by atoms with Crippen LogP contribution in [0.5, 0.6) is 0 Å². The monoisotopic (exact) mass is 380 g/mol. The van der Waals surface area contributed by atoms with Crippen molar-refractivity contribution in [2.45, 2.75) is 19.4 Å². The number of carbonyl (C=O) groups excluding carboxylic acids is 1. The number of thiazole rings is 1. The lowest BCUT2D eigenvalue weighted by Gasteiger charge is -2.05. The minimum absolute atomic E-state index is 0.142. The third-order valence-corrected chi connectivity index (χ3v) is 4.88. The molecule has 3 heterocycles. The van der Waals surface area contributed by atoms with Crippen LogP contribution in [-0.2, 0) is 24.2 Å². The predicted octanol–water partition coefficient (Wildman–Crippen LogP) is 2.19. The van der Waals surface area contributed by atoms with Gasteiger partial charge in [-0.2, -0.15) is 10.1 Å². The number of nitrogens with one attached hydrogen (secondary N) is 1. The highest BCUT2D eigenvalue weighted by Crippen LogP contribution is 2.13. The zero-order valence-electron chi connectivity index (χ0n) is 14.3. The van der Waals surface area contributed by atoms with Gasteiger partial charge >= 0.3 is 0 Å². The first-order valence-corrected chi connectivity index (χ1v) is 9.26. The Morgan fingerprint density at radius 1 is 1.19 bits per heavy atom. The molecule has 3 aromatic heterocycles. The van der Waals surface area contributed by atoms with Gasteiger partial charge in [0.1, 0.15) is 11.5 Å². The molecule has 27 heavy (non-hydrogen) atoms. The molecule has 0 spiro atoms. The standard InChI is InChI=1S/C19H16N4O3S/c24-17(20-11-15-7-4-8-26-15)10-14-12-27-19-21-18(25)16(22-23(14)19)9-13-5-2-1-3-6-13/h1-8,12H,9-11H2,(H,20,24). The van der Waals surface area contributed by atoms with E-state index in [1.807, 2.05) is 30.3 Å². The van der Waals surface area contributed by atoms with Crippen molar-refractivity contribution in [2.24, 2.45) is 0 Å². The molecule has 0 aliphatic rings. The molecule has 0 saturated carbocycles. The van der Waals surface area contributed by atoms with E-state index in [0.29, 0.717) is 35.1 Å². The fraction of sp³-hybridized carbons (Fsp3) is 0.158. The van der Waals surface area contributed by atoms with Gasteiger partial charge in [-0.1, -0.05) is 30.3 Å². The number of rotatable bonds is 6. The summed E-state index contributed by atoms with van der Waals surface area (Å²) in [6.07, 6.45) is 2.10. The van der Waals surface area contributed by atoms with E-state index in [1.165, 1.54) is 11.3 Å². The molecule has 0 saturated heterocycles. The molecule has 0 radical (unpaired) electrons. The second kappa shape index (κ2) is 7.55. The first-order valence-electron chi connectivity index (χ1n) is 8.38. The zero-order valence-corrected chi connectivity index (χ0v) is 15.1. The molecule has 8 heteroatoms. The van der Waals surface area contributed by atoms with E-state index in [0.717, 1.165) is 5.56 Å². The van der Waals surface area contributed by atoms with E-state index in [-0.39, 0.29) is 17.9 Å². The maximum absolute atomic E-state index is 12.2. The van der Waals surface area contributed by atoms with Crippen molar-refractivity contribution in [1.29, 1.82) is 0 Å². The topological polar surface area (TPSA) is 89.5 Å². The van der Waals surface area contributed by atoms with Crippen LogP contribution in [0.1, 0.15) is 22.7 Å². The summed E-state index contributed by atoms with van der Waals surface area (Å²) in [5.41, 5.74) is 1.69. The number of hydrogen-bond acceptors (Lipinski definition) is 6. The Morgan fingerprint density at radius 3 is 2.81 bits per heavy atom. The van der Waals surface area contributed by atoms with Crippen molar-refractivity contribution < 1.29 is 9.21 Å². The molecular formula is C19H16N4O3S. The Morgan fingerprint density at radius 2 is 2.04 bits per heavy atom. The summed E-state index contributed by atoms with van der Waals surface area (Å²) in [6.45, 7) is 0.328. The molecule has 0 bridgehead atoms. The summed E-state index contributed by atoms with van der Waals surface area (Å²) < 4.78 is 6.78. The number of hydrogen-bond donors (Lipinski definition) is 1. The second-order valence-electron chi connectivity index (χ2n) is 5.98. The summed E-state index contributed by atoms with van der Waals surface area (Å²) in [5.74, 6) is 0.531. The summed E-state index contributed by atoms with van der Waals surface area (Å²) in [5, 5.41) is 9.05. The molecule has 1 N–H and O–H groups in total. The predicted molar refractivity (Wildman–Crippen MR) is 101 cm³/mol.